The van der Waals surface area contributed by atoms with Gasteiger partial charge in [-0.3, -0.25) is 0 Å². The monoisotopic (exact) mass is 258 g/mol. The van der Waals surface area contributed by atoms with E-state index in [9.17, 15) is 8.42 Å². The summed E-state index contributed by atoms with van der Waals surface area (Å²) in [6.45, 7) is 5.72. The second-order valence-electron chi connectivity index (χ2n) is 4.03. The summed E-state index contributed by atoms with van der Waals surface area (Å²) in [4.78, 5) is 8.26. The van der Waals surface area contributed by atoms with Gasteiger partial charge in [0.25, 0.3) is 0 Å². The molecule has 0 aliphatic carbocycles. The number of rotatable bonds is 5. The third-order valence-corrected chi connectivity index (χ3v) is 4.10. The van der Waals surface area contributed by atoms with Crippen LogP contribution in [0.3, 0.4) is 0 Å². The molecule has 0 amide bonds. The molecule has 0 fully saturated rings. The molecule has 0 bridgehead atoms. The Morgan fingerprint density at radius 2 is 1.88 bits per heavy atom. The average Bonchev–Trinajstić information content (AvgIpc) is 2.25. The molecule has 0 spiro atoms. The van der Waals surface area contributed by atoms with Crippen LogP contribution in [-0.4, -0.2) is 36.5 Å². The van der Waals surface area contributed by atoms with Crippen molar-refractivity contribution in [2.24, 2.45) is 0 Å². The number of nitrogens with zero attached hydrogens (tertiary/aromatic N) is 2. The lowest BCUT2D eigenvalue weighted by Crippen LogP contribution is -2.28. The smallest absolute Gasteiger partial charge is 0.158 e. The minimum absolute atomic E-state index is 0.412. The highest BCUT2D eigenvalue weighted by atomic mass is 32.2. The van der Waals surface area contributed by atoms with Gasteiger partial charge in [0.2, 0.25) is 0 Å². The van der Waals surface area contributed by atoms with E-state index in [-0.39, 0.29) is 0 Å². The van der Waals surface area contributed by atoms with Gasteiger partial charge in [0.1, 0.15) is 6.10 Å². The predicted molar refractivity (Wildman–Crippen MR) is 65.4 cm³/mol. The van der Waals surface area contributed by atoms with Gasteiger partial charge in [-0.25, -0.2) is 18.4 Å². The maximum atomic E-state index is 11.6. The highest BCUT2D eigenvalue weighted by Crippen LogP contribution is 2.22. The zero-order valence-corrected chi connectivity index (χ0v) is 11.4. The van der Waals surface area contributed by atoms with Crippen LogP contribution < -0.4 is 0 Å². The number of aryl methyl sites for hydroxylation is 1. The molecule has 1 rings (SSSR count). The summed E-state index contributed by atoms with van der Waals surface area (Å²) in [6.07, 6.45) is 3.89. The highest BCUT2D eigenvalue weighted by Gasteiger charge is 2.29. The summed E-state index contributed by atoms with van der Waals surface area (Å²) in [6, 6.07) is 0. The van der Waals surface area contributed by atoms with Crippen molar-refractivity contribution in [2.75, 3.05) is 12.9 Å². The second kappa shape index (κ2) is 5.55. The molecule has 0 radical (unpaired) electrons. The van der Waals surface area contributed by atoms with Gasteiger partial charge in [-0.15, -0.1) is 0 Å². The number of hydrogen-bond donors (Lipinski definition) is 0. The van der Waals surface area contributed by atoms with Gasteiger partial charge >= 0.3 is 0 Å². The molecule has 5 nitrogen and oxygen atoms in total. The fraction of sp³-hybridized carbons (Fsp3) is 0.636. The Labute approximate surface area is 102 Å². The molecule has 1 aromatic rings. The summed E-state index contributed by atoms with van der Waals surface area (Å²) in [5, 5.41) is -0.662. The van der Waals surface area contributed by atoms with E-state index in [1.54, 1.807) is 19.3 Å². The van der Waals surface area contributed by atoms with Crippen molar-refractivity contribution in [3.05, 3.63) is 23.8 Å². The van der Waals surface area contributed by atoms with Crippen molar-refractivity contribution in [3.63, 3.8) is 0 Å². The maximum Gasteiger partial charge on any atom is 0.158 e. The molecule has 0 aliphatic rings. The van der Waals surface area contributed by atoms with Crippen LogP contribution in [0, 0.1) is 6.92 Å². The molecule has 0 unspecified atom stereocenters. The Balaban J connectivity index is 3.05. The summed E-state index contributed by atoms with van der Waals surface area (Å²) in [7, 11) is -3.19. The van der Waals surface area contributed by atoms with Crippen LogP contribution >= 0.6 is 0 Å². The second-order valence-corrected chi connectivity index (χ2v) is 6.43. The van der Waals surface area contributed by atoms with Crippen LogP contribution in [0.15, 0.2) is 12.4 Å². The summed E-state index contributed by atoms with van der Waals surface area (Å²) < 4.78 is 28.6. The Morgan fingerprint density at radius 1 is 1.35 bits per heavy atom. The van der Waals surface area contributed by atoms with E-state index in [0.717, 1.165) is 5.56 Å². The van der Waals surface area contributed by atoms with Crippen molar-refractivity contribution in [3.8, 4) is 0 Å². The molecule has 96 valence electrons. The molecule has 1 heterocycles. The van der Waals surface area contributed by atoms with Gasteiger partial charge in [-0.2, -0.15) is 0 Å². The predicted octanol–water partition coefficient (Wildman–Crippen LogP) is 1.30. The van der Waals surface area contributed by atoms with Gasteiger partial charge in [-0.1, -0.05) is 0 Å². The summed E-state index contributed by atoms with van der Waals surface area (Å²) >= 11 is 0. The molecule has 0 N–H and O–H groups in total. The van der Waals surface area contributed by atoms with E-state index in [1.807, 2.05) is 13.8 Å². The zero-order valence-electron chi connectivity index (χ0n) is 10.5. The van der Waals surface area contributed by atoms with E-state index >= 15 is 0 Å². The van der Waals surface area contributed by atoms with E-state index in [0.29, 0.717) is 12.4 Å². The molecule has 0 saturated heterocycles. The average molecular weight is 258 g/mol. The molecule has 0 aliphatic heterocycles. The van der Waals surface area contributed by atoms with Crippen LogP contribution in [0.2, 0.25) is 0 Å². The minimum Gasteiger partial charge on any atom is -0.369 e. The largest absolute Gasteiger partial charge is 0.369 e. The standard InChI is InChI=1S/C11H18N2O3S/c1-5-16-10(9(3)17(4,14)15)11-12-6-8(2)7-13-11/h6-7,9-10H,5H2,1-4H3/t9-,10-/m0/s1. The quantitative estimate of drug-likeness (QED) is 0.796. The zero-order chi connectivity index (χ0) is 13.1. The minimum atomic E-state index is -3.19. The van der Waals surface area contributed by atoms with E-state index in [2.05, 4.69) is 9.97 Å². The lowest BCUT2D eigenvalue weighted by atomic mass is 10.2. The van der Waals surface area contributed by atoms with Crippen molar-refractivity contribution >= 4 is 9.84 Å². The first-order chi connectivity index (χ1) is 7.86. The molecule has 0 saturated carbocycles. The van der Waals surface area contributed by atoms with Crippen molar-refractivity contribution in [2.45, 2.75) is 32.1 Å². The molecular weight excluding hydrogens is 240 g/mol. The number of hydrogen-bond acceptors (Lipinski definition) is 5. The molecular formula is C11H18N2O3S. The molecule has 0 aromatic carbocycles. The number of aromatic nitrogens is 2. The van der Waals surface area contributed by atoms with Gasteiger partial charge in [-0.05, 0) is 26.3 Å². The van der Waals surface area contributed by atoms with Crippen molar-refractivity contribution < 1.29 is 13.2 Å². The lowest BCUT2D eigenvalue weighted by Gasteiger charge is -2.21. The molecule has 1 aromatic heterocycles. The number of sulfone groups is 1. The van der Waals surface area contributed by atoms with Crippen molar-refractivity contribution in [1.29, 1.82) is 0 Å². The fourth-order valence-electron chi connectivity index (χ4n) is 1.37. The van der Waals surface area contributed by atoms with Crippen LogP contribution in [0.4, 0.5) is 0 Å². The Kier molecular flexibility index (Phi) is 4.59. The molecule has 2 atom stereocenters. The fourth-order valence-corrected chi connectivity index (χ4v) is 2.02. The van der Waals surface area contributed by atoms with Crippen LogP contribution in [0.5, 0.6) is 0 Å². The highest BCUT2D eigenvalue weighted by molar-refractivity contribution is 7.91. The molecule has 17 heavy (non-hydrogen) atoms. The normalized spacial score (nSPS) is 15.5. The maximum absolute atomic E-state index is 11.6. The molecule has 6 heteroatoms. The topological polar surface area (TPSA) is 69.2 Å². The van der Waals surface area contributed by atoms with Crippen LogP contribution in [0.25, 0.3) is 0 Å². The van der Waals surface area contributed by atoms with Gasteiger partial charge in [0, 0.05) is 25.3 Å². The summed E-state index contributed by atoms with van der Waals surface area (Å²) in [5.41, 5.74) is 0.927. The Bertz CT molecular complexity index is 456. The first-order valence-electron chi connectivity index (χ1n) is 5.45. The Hall–Kier alpha value is -1.01. The third kappa shape index (κ3) is 3.74. The SMILES string of the molecule is CCO[C@H](c1ncc(C)cn1)[C@H](C)S(C)(=O)=O. The van der Waals surface area contributed by atoms with E-state index < -0.39 is 21.2 Å². The lowest BCUT2D eigenvalue weighted by molar-refractivity contribution is 0.0558. The third-order valence-electron chi connectivity index (χ3n) is 2.50. The number of ether oxygens (including phenoxy) is 1. The van der Waals surface area contributed by atoms with Crippen molar-refractivity contribution in [1.82, 2.24) is 9.97 Å². The van der Waals surface area contributed by atoms with E-state index in [4.69, 9.17) is 4.74 Å². The Morgan fingerprint density at radius 3 is 2.29 bits per heavy atom. The van der Waals surface area contributed by atoms with Crippen LogP contribution in [-0.2, 0) is 14.6 Å². The van der Waals surface area contributed by atoms with Gasteiger partial charge in [0.05, 0.1) is 5.25 Å². The first-order valence-corrected chi connectivity index (χ1v) is 7.40. The van der Waals surface area contributed by atoms with Crippen LogP contribution in [0.1, 0.15) is 31.3 Å². The summed E-state index contributed by atoms with van der Waals surface area (Å²) in [5.74, 6) is 0.412. The first kappa shape index (κ1) is 14.1. The van der Waals surface area contributed by atoms with Gasteiger partial charge in [0.15, 0.2) is 15.7 Å². The van der Waals surface area contributed by atoms with E-state index in [1.165, 1.54) is 6.26 Å². The van der Waals surface area contributed by atoms with Gasteiger partial charge < -0.3 is 4.74 Å².